The molecular weight excluding hydrogens is 386 g/mol. The lowest BCUT2D eigenvalue weighted by Gasteiger charge is -2.10. The van der Waals surface area contributed by atoms with Crippen molar-refractivity contribution in [3.63, 3.8) is 0 Å². The molecule has 0 saturated heterocycles. The molecule has 1 N–H and O–H groups in total. The maximum absolute atomic E-state index is 12.5. The molecule has 1 aromatic heterocycles. The molecule has 25 heavy (non-hydrogen) atoms. The number of halogens is 1. The van der Waals surface area contributed by atoms with Gasteiger partial charge in [0.1, 0.15) is 5.82 Å². The van der Waals surface area contributed by atoms with E-state index in [4.69, 9.17) is 9.47 Å². The molecule has 1 amide bonds. The lowest BCUT2D eigenvalue weighted by Crippen LogP contribution is -2.16. The van der Waals surface area contributed by atoms with Crippen molar-refractivity contribution in [1.29, 1.82) is 0 Å². The molecule has 0 unspecified atom stereocenters. The topological polar surface area (TPSA) is 65.4 Å². The Balaban J connectivity index is 1.50. The summed E-state index contributed by atoms with van der Waals surface area (Å²) in [4.78, 5) is 12.5. The predicted octanol–water partition coefficient (Wildman–Crippen LogP) is 3.67. The normalized spacial score (nSPS) is 12.2. The maximum Gasteiger partial charge on any atom is 0.256 e. The Morgan fingerprint density at radius 1 is 1.12 bits per heavy atom. The smallest absolute Gasteiger partial charge is 0.256 e. The van der Waals surface area contributed by atoms with Crippen LogP contribution in [0.2, 0.25) is 0 Å². The van der Waals surface area contributed by atoms with Crippen molar-refractivity contribution in [3.05, 3.63) is 70.3 Å². The van der Waals surface area contributed by atoms with E-state index in [1.165, 1.54) is 0 Å². The Morgan fingerprint density at radius 3 is 2.76 bits per heavy atom. The fourth-order valence-electron chi connectivity index (χ4n) is 2.55. The van der Waals surface area contributed by atoms with Crippen LogP contribution in [0.5, 0.6) is 11.5 Å². The van der Waals surface area contributed by atoms with Crippen molar-refractivity contribution in [2.75, 3.05) is 12.1 Å². The lowest BCUT2D eigenvalue weighted by molar-refractivity contribution is 0.102. The van der Waals surface area contributed by atoms with Crippen LogP contribution in [0.1, 0.15) is 15.9 Å². The van der Waals surface area contributed by atoms with E-state index in [1.807, 2.05) is 24.3 Å². The van der Waals surface area contributed by atoms with Crippen LogP contribution in [0, 0.1) is 0 Å². The molecule has 0 atom stereocenters. The zero-order valence-corrected chi connectivity index (χ0v) is 14.7. The van der Waals surface area contributed by atoms with E-state index in [2.05, 4.69) is 26.3 Å². The largest absolute Gasteiger partial charge is 0.454 e. The van der Waals surface area contributed by atoms with Crippen molar-refractivity contribution in [2.45, 2.75) is 6.54 Å². The van der Waals surface area contributed by atoms with E-state index in [-0.39, 0.29) is 12.7 Å². The van der Waals surface area contributed by atoms with Gasteiger partial charge in [-0.2, -0.15) is 5.10 Å². The Labute approximate surface area is 152 Å². The first kappa shape index (κ1) is 15.7. The summed E-state index contributed by atoms with van der Waals surface area (Å²) in [6.45, 7) is 0.747. The Kier molecular flexibility index (Phi) is 4.15. The molecule has 1 aliphatic rings. The highest BCUT2D eigenvalue weighted by Gasteiger charge is 2.17. The molecule has 0 spiro atoms. The number of aromatic nitrogens is 2. The summed E-state index contributed by atoms with van der Waals surface area (Å²) in [7, 11) is 0. The minimum Gasteiger partial charge on any atom is -0.454 e. The van der Waals surface area contributed by atoms with Crippen LogP contribution < -0.4 is 14.8 Å². The number of carbonyl (C=O) groups excluding carboxylic acids is 1. The third kappa shape index (κ3) is 3.36. The minimum atomic E-state index is -0.226. The van der Waals surface area contributed by atoms with Gasteiger partial charge >= 0.3 is 0 Å². The van der Waals surface area contributed by atoms with E-state index in [1.54, 1.807) is 35.1 Å². The number of fused-ring (bicyclic) bond motifs is 1. The second-order valence-electron chi connectivity index (χ2n) is 5.52. The van der Waals surface area contributed by atoms with Gasteiger partial charge < -0.3 is 14.8 Å². The average molecular weight is 400 g/mol. The summed E-state index contributed by atoms with van der Waals surface area (Å²) in [5.41, 5.74) is 1.59. The maximum atomic E-state index is 12.5. The highest BCUT2D eigenvalue weighted by molar-refractivity contribution is 9.10. The average Bonchev–Trinajstić information content (AvgIpc) is 3.25. The molecule has 4 rings (SSSR count). The number of nitrogens with zero attached hydrogens (tertiary/aromatic N) is 2. The van der Waals surface area contributed by atoms with Gasteiger partial charge in [-0.25, -0.2) is 4.68 Å². The summed E-state index contributed by atoms with van der Waals surface area (Å²) in [5.74, 6) is 1.63. The number of nitrogens with one attached hydrogen (secondary N) is 1. The van der Waals surface area contributed by atoms with Crippen molar-refractivity contribution in [1.82, 2.24) is 9.78 Å². The number of carbonyl (C=O) groups is 1. The molecule has 0 aliphatic carbocycles. The molecule has 0 saturated carbocycles. The van der Waals surface area contributed by atoms with Crippen LogP contribution in [0.15, 0.2) is 59.2 Å². The number of amides is 1. The Bertz CT molecular complexity index is 922. The van der Waals surface area contributed by atoms with Gasteiger partial charge in [-0.15, -0.1) is 0 Å². The van der Waals surface area contributed by atoms with Crippen LogP contribution in [0.25, 0.3) is 0 Å². The van der Waals surface area contributed by atoms with Gasteiger partial charge in [0.25, 0.3) is 5.91 Å². The van der Waals surface area contributed by atoms with Crippen LogP contribution in [0.4, 0.5) is 5.82 Å². The quantitative estimate of drug-likeness (QED) is 0.726. The van der Waals surface area contributed by atoms with Crippen molar-refractivity contribution in [2.24, 2.45) is 0 Å². The summed E-state index contributed by atoms with van der Waals surface area (Å²) < 4.78 is 13.3. The molecule has 126 valence electrons. The van der Waals surface area contributed by atoms with Crippen LogP contribution in [-0.4, -0.2) is 22.5 Å². The fraction of sp³-hybridized carbons (Fsp3) is 0.111. The van der Waals surface area contributed by atoms with E-state index < -0.39 is 0 Å². The fourth-order valence-corrected chi connectivity index (χ4v) is 2.82. The van der Waals surface area contributed by atoms with Crippen LogP contribution in [0.3, 0.4) is 0 Å². The zero-order chi connectivity index (χ0) is 17.2. The van der Waals surface area contributed by atoms with Gasteiger partial charge in [-0.1, -0.05) is 28.1 Å². The number of benzene rings is 2. The number of ether oxygens (including phenoxy) is 2. The molecule has 3 aromatic rings. The van der Waals surface area contributed by atoms with Crippen molar-refractivity contribution < 1.29 is 14.3 Å². The summed E-state index contributed by atoms with van der Waals surface area (Å²) >= 11 is 3.42. The first-order valence-electron chi connectivity index (χ1n) is 7.66. The lowest BCUT2D eigenvalue weighted by atomic mass is 10.2. The van der Waals surface area contributed by atoms with Gasteiger partial charge in [0.15, 0.2) is 11.5 Å². The highest BCUT2D eigenvalue weighted by atomic mass is 79.9. The number of rotatable bonds is 4. The van der Waals surface area contributed by atoms with Crippen LogP contribution >= 0.6 is 15.9 Å². The summed E-state index contributed by atoms with van der Waals surface area (Å²) in [5, 5.41) is 7.17. The first-order chi connectivity index (χ1) is 12.2. The van der Waals surface area contributed by atoms with E-state index in [0.717, 1.165) is 10.0 Å². The predicted molar refractivity (Wildman–Crippen MR) is 96.0 cm³/mol. The summed E-state index contributed by atoms with van der Waals surface area (Å²) in [6, 6.07) is 14.9. The van der Waals surface area contributed by atoms with Gasteiger partial charge in [0, 0.05) is 16.1 Å². The Morgan fingerprint density at radius 2 is 1.92 bits per heavy atom. The third-order valence-corrected chi connectivity index (χ3v) is 4.37. The minimum absolute atomic E-state index is 0.181. The van der Waals surface area contributed by atoms with E-state index >= 15 is 0 Å². The molecule has 0 radical (unpaired) electrons. The van der Waals surface area contributed by atoms with E-state index in [0.29, 0.717) is 29.4 Å². The third-order valence-electron chi connectivity index (χ3n) is 3.84. The molecule has 1 aliphatic heterocycles. The number of hydrogen-bond acceptors (Lipinski definition) is 4. The molecular formula is C18H14BrN3O3. The molecule has 0 bridgehead atoms. The van der Waals surface area contributed by atoms with Crippen molar-refractivity contribution in [3.8, 4) is 11.5 Å². The van der Waals surface area contributed by atoms with Gasteiger partial charge in [0.05, 0.1) is 12.7 Å². The second kappa shape index (κ2) is 6.60. The summed E-state index contributed by atoms with van der Waals surface area (Å²) in [6.07, 6.45) is 1.66. The first-order valence-corrected chi connectivity index (χ1v) is 8.45. The second-order valence-corrected chi connectivity index (χ2v) is 6.44. The van der Waals surface area contributed by atoms with Gasteiger partial charge in [0.2, 0.25) is 6.79 Å². The molecule has 0 fully saturated rings. The number of hydrogen-bond donors (Lipinski definition) is 1. The highest BCUT2D eigenvalue weighted by Crippen LogP contribution is 2.32. The SMILES string of the molecule is O=C(Nc1ccnn1Cc1ccc(Br)cc1)c1ccc2c(c1)OCO2. The van der Waals surface area contributed by atoms with Gasteiger partial charge in [-0.3, -0.25) is 4.79 Å². The zero-order valence-electron chi connectivity index (χ0n) is 13.1. The van der Waals surface area contributed by atoms with Crippen LogP contribution in [-0.2, 0) is 6.54 Å². The number of anilines is 1. The standard InChI is InChI=1S/C18H14BrN3O3/c19-14-4-1-12(2-5-14)10-22-17(7-8-20-22)21-18(23)13-3-6-15-16(9-13)25-11-24-15/h1-9H,10-11H2,(H,21,23). The van der Waals surface area contributed by atoms with Gasteiger partial charge in [-0.05, 0) is 35.9 Å². The molecule has 7 heteroatoms. The Hall–Kier alpha value is -2.80. The molecule has 6 nitrogen and oxygen atoms in total. The van der Waals surface area contributed by atoms with E-state index in [9.17, 15) is 4.79 Å². The van der Waals surface area contributed by atoms with Crippen molar-refractivity contribution >= 4 is 27.7 Å². The monoisotopic (exact) mass is 399 g/mol. The molecule has 2 aromatic carbocycles. The molecule has 2 heterocycles.